The molecule has 0 saturated carbocycles. The Morgan fingerprint density at radius 2 is 1.42 bits per heavy atom. The second kappa shape index (κ2) is 8.91. The van der Waals surface area contributed by atoms with Gasteiger partial charge in [-0.05, 0) is 47.2 Å². The second-order valence-corrected chi connectivity index (χ2v) is 8.16. The summed E-state index contributed by atoms with van der Waals surface area (Å²) in [6.07, 6.45) is 0. The van der Waals surface area contributed by atoms with Gasteiger partial charge in [-0.15, -0.1) is 0 Å². The molecule has 2 rings (SSSR count). The van der Waals surface area contributed by atoms with Crippen molar-refractivity contribution in [3.8, 4) is 11.5 Å². The van der Waals surface area contributed by atoms with Gasteiger partial charge in [0, 0.05) is 6.66 Å². The Hall–Kier alpha value is -1.77. The van der Waals surface area contributed by atoms with Crippen molar-refractivity contribution in [2.24, 2.45) is 0 Å². The lowest BCUT2D eigenvalue weighted by atomic mass is 10.0. The second-order valence-electron chi connectivity index (χ2n) is 6.37. The van der Waals surface area contributed by atoms with Crippen molar-refractivity contribution >= 4 is 7.60 Å². The third kappa shape index (κ3) is 7.67. The van der Waals surface area contributed by atoms with E-state index in [1.54, 1.807) is 24.3 Å². The maximum Gasteiger partial charge on any atom is 0.373 e. The lowest BCUT2D eigenvalue weighted by Crippen LogP contribution is -1.92. The van der Waals surface area contributed by atoms with Crippen LogP contribution in [-0.4, -0.2) is 16.7 Å². The van der Waals surface area contributed by atoms with Crippen molar-refractivity contribution in [2.45, 2.75) is 39.5 Å². The Morgan fingerprint density at radius 3 is 1.83 bits per heavy atom. The molecule has 0 aliphatic carbocycles. The van der Waals surface area contributed by atoms with E-state index in [1.165, 1.54) is 12.2 Å². The lowest BCUT2D eigenvalue weighted by Gasteiger charge is -2.11. The topological polar surface area (TPSA) is 66.8 Å². The average molecular weight is 350 g/mol. The number of phenolic OH excluding ortho intramolecular Hbond substituents is 1. The first-order valence-corrected chi connectivity index (χ1v) is 9.99. The summed E-state index contributed by atoms with van der Waals surface area (Å²) in [7, 11) is -3.44. The van der Waals surface area contributed by atoms with Crippen molar-refractivity contribution in [1.82, 2.24) is 0 Å². The molecule has 5 heteroatoms. The first-order valence-electron chi connectivity index (χ1n) is 7.97. The highest BCUT2D eigenvalue weighted by molar-refractivity contribution is 7.52. The highest BCUT2D eigenvalue weighted by atomic mass is 31.2. The van der Waals surface area contributed by atoms with Crippen LogP contribution in [0.3, 0.4) is 0 Å². The van der Waals surface area contributed by atoms with Crippen molar-refractivity contribution in [1.29, 1.82) is 0 Å². The molecule has 0 fully saturated rings. The summed E-state index contributed by atoms with van der Waals surface area (Å²) in [5, 5.41) is 9.06. The smallest absolute Gasteiger partial charge is 0.373 e. The Balaban J connectivity index is 0.000000254. The van der Waals surface area contributed by atoms with Crippen LogP contribution in [0, 0.1) is 0 Å². The Labute approximate surface area is 144 Å². The zero-order valence-electron chi connectivity index (χ0n) is 14.9. The minimum absolute atomic E-state index is 0.353. The van der Waals surface area contributed by atoms with E-state index in [4.69, 9.17) is 14.5 Å². The molecule has 0 saturated heterocycles. The van der Waals surface area contributed by atoms with E-state index in [-0.39, 0.29) is 0 Å². The van der Waals surface area contributed by atoms with Gasteiger partial charge < -0.3 is 14.5 Å². The number of aromatic hydroxyl groups is 1. The molecule has 0 aliphatic rings. The van der Waals surface area contributed by atoms with Crippen LogP contribution in [0.4, 0.5) is 0 Å². The highest BCUT2D eigenvalue weighted by Crippen LogP contribution is 2.38. The molecule has 1 atom stereocenters. The maximum atomic E-state index is 11.0. The normalized spacial score (nSPS) is 13.2. The van der Waals surface area contributed by atoms with Gasteiger partial charge in [0.25, 0.3) is 0 Å². The summed E-state index contributed by atoms with van der Waals surface area (Å²) in [6.45, 7) is 9.51. The quantitative estimate of drug-likeness (QED) is 0.713. The van der Waals surface area contributed by atoms with Crippen LogP contribution in [0.1, 0.15) is 50.7 Å². The number of hydrogen-bond donors (Lipinski definition) is 2. The molecule has 0 heterocycles. The molecule has 4 nitrogen and oxygen atoms in total. The summed E-state index contributed by atoms with van der Waals surface area (Å²) < 4.78 is 15.9. The molecule has 0 bridgehead atoms. The minimum atomic E-state index is -3.44. The summed E-state index contributed by atoms with van der Waals surface area (Å²) in [6, 6.07) is 14.6. The summed E-state index contributed by atoms with van der Waals surface area (Å²) >= 11 is 0. The van der Waals surface area contributed by atoms with Crippen LogP contribution in [0.25, 0.3) is 0 Å². The molecule has 0 aliphatic heterocycles. The first kappa shape index (κ1) is 20.3. The molecule has 1 unspecified atom stereocenters. The van der Waals surface area contributed by atoms with Gasteiger partial charge in [0.2, 0.25) is 0 Å². The number of phenols is 1. The van der Waals surface area contributed by atoms with E-state index in [9.17, 15) is 4.57 Å². The van der Waals surface area contributed by atoms with Crippen LogP contribution in [0.5, 0.6) is 11.5 Å². The fourth-order valence-corrected chi connectivity index (χ4v) is 2.51. The SMILES string of the molecule is CC(C)c1cccc(O)c1.CC(C)c1cccc(OP(C)(=O)O)c1. The van der Waals surface area contributed by atoms with E-state index >= 15 is 0 Å². The van der Waals surface area contributed by atoms with Gasteiger partial charge in [0.1, 0.15) is 11.5 Å². The standard InChI is InChI=1S/C10H15O3P.C9H12O/c1-8(2)9-5-4-6-10(7-9)13-14(3,11)12;1-7(2)8-4-3-5-9(10)6-8/h4-8H,1-3H3,(H,11,12);3-7,10H,1-2H3. The molecule has 0 aromatic heterocycles. The van der Waals surface area contributed by atoms with E-state index in [2.05, 4.69) is 27.7 Å². The molecule has 0 amide bonds. The van der Waals surface area contributed by atoms with E-state index < -0.39 is 7.60 Å². The first-order chi connectivity index (χ1) is 11.1. The number of benzene rings is 2. The third-order valence-electron chi connectivity index (χ3n) is 3.34. The Morgan fingerprint density at radius 1 is 0.917 bits per heavy atom. The largest absolute Gasteiger partial charge is 0.508 e. The van der Waals surface area contributed by atoms with Gasteiger partial charge in [-0.3, -0.25) is 0 Å². The van der Waals surface area contributed by atoms with Gasteiger partial charge in [0.15, 0.2) is 0 Å². The van der Waals surface area contributed by atoms with E-state index in [0.29, 0.717) is 23.3 Å². The highest BCUT2D eigenvalue weighted by Gasteiger charge is 2.12. The molecular weight excluding hydrogens is 323 g/mol. The Kier molecular flexibility index (Phi) is 7.53. The molecule has 2 aromatic carbocycles. The predicted molar refractivity (Wildman–Crippen MR) is 99.1 cm³/mol. The predicted octanol–water partition coefficient (Wildman–Crippen LogP) is 5.52. The van der Waals surface area contributed by atoms with Gasteiger partial charge in [-0.1, -0.05) is 52.0 Å². The molecule has 0 radical (unpaired) electrons. The minimum Gasteiger partial charge on any atom is -0.508 e. The van der Waals surface area contributed by atoms with Crippen LogP contribution in [0.2, 0.25) is 0 Å². The summed E-state index contributed by atoms with van der Waals surface area (Å²) in [4.78, 5) is 9.03. The molecule has 2 aromatic rings. The third-order valence-corrected chi connectivity index (χ3v) is 3.89. The Bertz CT molecular complexity index is 689. The number of rotatable bonds is 4. The monoisotopic (exact) mass is 350 g/mol. The van der Waals surface area contributed by atoms with E-state index in [0.717, 1.165) is 5.56 Å². The fourth-order valence-electron chi connectivity index (χ4n) is 2.01. The summed E-state index contributed by atoms with van der Waals surface area (Å²) in [5.41, 5.74) is 2.27. The number of hydrogen-bond acceptors (Lipinski definition) is 3. The van der Waals surface area contributed by atoms with Crippen LogP contribution in [0.15, 0.2) is 48.5 Å². The molecule has 24 heavy (non-hydrogen) atoms. The van der Waals surface area contributed by atoms with Crippen molar-refractivity contribution in [3.05, 3.63) is 59.7 Å². The fraction of sp³-hybridized carbons (Fsp3) is 0.368. The van der Waals surface area contributed by atoms with Crippen molar-refractivity contribution in [2.75, 3.05) is 6.66 Å². The van der Waals surface area contributed by atoms with Crippen LogP contribution >= 0.6 is 7.60 Å². The van der Waals surface area contributed by atoms with E-state index in [1.807, 2.05) is 24.3 Å². The zero-order valence-corrected chi connectivity index (χ0v) is 15.8. The maximum absolute atomic E-state index is 11.0. The molecule has 0 spiro atoms. The molecular formula is C19H27O4P. The van der Waals surface area contributed by atoms with Crippen molar-refractivity contribution in [3.63, 3.8) is 0 Å². The molecule has 2 N–H and O–H groups in total. The van der Waals surface area contributed by atoms with Gasteiger partial charge in [0.05, 0.1) is 0 Å². The van der Waals surface area contributed by atoms with Gasteiger partial charge in [-0.25, -0.2) is 4.57 Å². The lowest BCUT2D eigenvalue weighted by molar-refractivity contribution is 0.387. The van der Waals surface area contributed by atoms with Crippen LogP contribution in [-0.2, 0) is 4.57 Å². The van der Waals surface area contributed by atoms with Crippen molar-refractivity contribution < 1.29 is 19.1 Å². The summed E-state index contributed by atoms with van der Waals surface area (Å²) in [5.74, 6) is 1.68. The van der Waals surface area contributed by atoms with Crippen LogP contribution < -0.4 is 4.52 Å². The van der Waals surface area contributed by atoms with Gasteiger partial charge >= 0.3 is 7.60 Å². The zero-order chi connectivity index (χ0) is 18.3. The van der Waals surface area contributed by atoms with Gasteiger partial charge in [-0.2, -0.15) is 0 Å². The average Bonchev–Trinajstić information content (AvgIpc) is 2.46. The molecule has 132 valence electrons.